The van der Waals surface area contributed by atoms with Crippen LogP contribution in [0.3, 0.4) is 0 Å². The van der Waals surface area contributed by atoms with Crippen molar-refractivity contribution in [2.75, 3.05) is 0 Å². The van der Waals surface area contributed by atoms with E-state index in [0.717, 1.165) is 0 Å². The van der Waals surface area contributed by atoms with Crippen LogP contribution in [0.2, 0.25) is 0 Å². The molecule has 1 atom stereocenters. The molecule has 1 rings (SSSR count). The maximum atomic E-state index is 11.5. The zero-order valence-electron chi connectivity index (χ0n) is 11.8. The van der Waals surface area contributed by atoms with Gasteiger partial charge in [0.15, 0.2) is 11.4 Å². The molecule has 112 valence electrons. The zero-order chi connectivity index (χ0) is 16.0. The van der Waals surface area contributed by atoms with Gasteiger partial charge in [-0.1, -0.05) is 18.2 Å². The summed E-state index contributed by atoms with van der Waals surface area (Å²) in [4.78, 5) is 20.7. The Bertz CT molecular complexity index is 569. The Morgan fingerprint density at radius 2 is 1.95 bits per heavy atom. The number of phenols is 1. The predicted octanol–water partition coefficient (Wildman–Crippen LogP) is 3.61. The molecule has 0 aliphatic rings. The number of Topliss-reactive ketones (excluding diaryl/α,β-unsaturated/α-hetero) is 1. The molecule has 0 saturated heterocycles. The van der Waals surface area contributed by atoms with Crippen LogP contribution in [0.5, 0.6) is 5.75 Å². The highest BCUT2D eigenvalue weighted by Crippen LogP contribution is 2.42. The van der Waals surface area contributed by atoms with E-state index in [-0.39, 0.29) is 29.9 Å². The van der Waals surface area contributed by atoms with Crippen LogP contribution < -0.4 is 0 Å². The number of carbonyl (C=O) groups is 1. The van der Waals surface area contributed by atoms with Crippen molar-refractivity contribution in [3.8, 4) is 5.75 Å². The fourth-order valence-corrected chi connectivity index (χ4v) is 2.72. The summed E-state index contributed by atoms with van der Waals surface area (Å²) in [6, 6.07) is 4.37. The molecule has 2 N–H and O–H groups in total. The van der Waals surface area contributed by atoms with E-state index in [4.69, 9.17) is 9.42 Å². The lowest BCUT2D eigenvalue weighted by Crippen LogP contribution is -2.26. The molecule has 0 aliphatic carbocycles. The highest BCUT2D eigenvalue weighted by atomic mass is 31.1. The molecule has 0 aromatic heterocycles. The minimum Gasteiger partial charge on any atom is -0.507 e. The first-order valence-electron chi connectivity index (χ1n) is 6.28. The Morgan fingerprint density at radius 1 is 1.38 bits per heavy atom. The van der Waals surface area contributed by atoms with Crippen molar-refractivity contribution in [2.24, 2.45) is 0 Å². The van der Waals surface area contributed by atoms with Crippen LogP contribution >= 0.6 is 8.25 Å². The van der Waals surface area contributed by atoms with Gasteiger partial charge < -0.3 is 5.11 Å². The second kappa shape index (κ2) is 7.27. The van der Waals surface area contributed by atoms with Crippen LogP contribution in [0.25, 0.3) is 0 Å². The number of phenolic OH excluding ortho intramolecular Hbond substituents is 1. The summed E-state index contributed by atoms with van der Waals surface area (Å²) in [7, 11) is -2.86. The molecular formula is C15H18O5P+. The van der Waals surface area contributed by atoms with Gasteiger partial charge in [-0.3, -0.25) is 4.79 Å². The van der Waals surface area contributed by atoms with Crippen molar-refractivity contribution >= 4 is 14.0 Å². The first kappa shape index (κ1) is 17.2. The van der Waals surface area contributed by atoms with Gasteiger partial charge in [0.05, 0.1) is 5.56 Å². The van der Waals surface area contributed by atoms with Gasteiger partial charge in [0.1, 0.15) is 5.75 Å². The van der Waals surface area contributed by atoms with Gasteiger partial charge >= 0.3 is 8.25 Å². The van der Waals surface area contributed by atoms with Gasteiger partial charge in [0.2, 0.25) is 0 Å². The smallest absolute Gasteiger partial charge is 0.507 e. The van der Waals surface area contributed by atoms with Crippen LogP contribution in [0.4, 0.5) is 0 Å². The average molecular weight is 309 g/mol. The molecule has 6 heteroatoms. The second-order valence-electron chi connectivity index (χ2n) is 4.60. The SMILES string of the molecule is C=CCC(CC=C)(O[P+](=O)O)c1ccc(O)c(C(C)=O)c1. The van der Waals surface area contributed by atoms with Crippen molar-refractivity contribution in [2.45, 2.75) is 25.4 Å². The third kappa shape index (κ3) is 4.08. The summed E-state index contributed by atoms with van der Waals surface area (Å²) in [6.07, 6.45) is 3.62. The van der Waals surface area contributed by atoms with Gasteiger partial charge in [-0.2, -0.15) is 0 Å². The largest absolute Gasteiger partial charge is 0.695 e. The van der Waals surface area contributed by atoms with Gasteiger partial charge in [-0.25, -0.2) is 0 Å². The Hall–Kier alpha value is -1.81. The van der Waals surface area contributed by atoms with Crippen LogP contribution in [0, 0.1) is 0 Å². The first-order valence-corrected chi connectivity index (χ1v) is 7.41. The molecular weight excluding hydrogens is 291 g/mol. The fourth-order valence-electron chi connectivity index (χ4n) is 2.16. The molecule has 0 aliphatic heterocycles. The molecule has 0 saturated carbocycles. The summed E-state index contributed by atoms with van der Waals surface area (Å²) in [6.45, 7) is 8.59. The first-order chi connectivity index (χ1) is 9.86. The van der Waals surface area contributed by atoms with Gasteiger partial charge in [-0.15, -0.1) is 22.6 Å². The molecule has 21 heavy (non-hydrogen) atoms. The molecule has 0 fully saturated rings. The van der Waals surface area contributed by atoms with Crippen LogP contribution in [0.1, 0.15) is 35.7 Å². The topological polar surface area (TPSA) is 83.8 Å². The van der Waals surface area contributed by atoms with E-state index in [1.807, 2.05) is 0 Å². The van der Waals surface area contributed by atoms with E-state index in [1.165, 1.54) is 19.1 Å². The molecule has 0 bridgehead atoms. The lowest BCUT2D eigenvalue weighted by Gasteiger charge is -2.26. The van der Waals surface area contributed by atoms with Crippen LogP contribution in [0.15, 0.2) is 43.5 Å². The molecule has 1 aromatic rings. The molecule has 0 spiro atoms. The molecule has 5 nitrogen and oxygen atoms in total. The quantitative estimate of drug-likeness (QED) is 0.435. The average Bonchev–Trinajstić information content (AvgIpc) is 2.38. The predicted molar refractivity (Wildman–Crippen MR) is 80.3 cm³/mol. The minimum atomic E-state index is -2.86. The minimum absolute atomic E-state index is 0.127. The standard InChI is InChI=1S/C15H17O5P/c1-4-8-15(9-5-2,20-21(18)19)12-6-7-14(17)13(10-12)11(3)16/h4-7,10H,1-2,8-9H2,3H3,(H-,16,17,18,19)/p+1. The number of hydrogen-bond donors (Lipinski definition) is 2. The number of aromatic hydroxyl groups is 1. The third-order valence-corrected chi connectivity index (χ3v) is 3.61. The van der Waals surface area contributed by atoms with Crippen LogP contribution in [-0.4, -0.2) is 15.8 Å². The maximum absolute atomic E-state index is 11.5. The van der Waals surface area contributed by atoms with Crippen molar-refractivity contribution in [1.82, 2.24) is 0 Å². The lowest BCUT2D eigenvalue weighted by atomic mass is 9.86. The summed E-state index contributed by atoms with van der Waals surface area (Å²) in [5, 5.41) is 9.70. The Kier molecular flexibility index (Phi) is 5.97. The lowest BCUT2D eigenvalue weighted by molar-refractivity contribution is 0.0680. The molecule has 0 heterocycles. The number of benzene rings is 1. The summed E-state index contributed by atoms with van der Waals surface area (Å²) in [5.74, 6) is -0.459. The second-order valence-corrected chi connectivity index (χ2v) is 5.26. The monoisotopic (exact) mass is 309 g/mol. The van der Waals surface area contributed by atoms with E-state index < -0.39 is 13.9 Å². The van der Waals surface area contributed by atoms with Crippen molar-refractivity contribution in [3.05, 3.63) is 54.6 Å². The van der Waals surface area contributed by atoms with Crippen molar-refractivity contribution < 1.29 is 23.9 Å². The molecule has 1 aromatic carbocycles. The van der Waals surface area contributed by atoms with Crippen molar-refractivity contribution in [3.63, 3.8) is 0 Å². The van der Waals surface area contributed by atoms with Crippen molar-refractivity contribution in [1.29, 1.82) is 0 Å². The van der Waals surface area contributed by atoms with Gasteiger partial charge in [-0.05, 0) is 24.6 Å². The van der Waals surface area contributed by atoms with Gasteiger partial charge in [0, 0.05) is 17.4 Å². The number of rotatable bonds is 8. The number of ketones is 1. The molecule has 1 unspecified atom stereocenters. The summed E-state index contributed by atoms with van der Waals surface area (Å²) >= 11 is 0. The number of carbonyl (C=O) groups excluding carboxylic acids is 1. The third-order valence-electron chi connectivity index (χ3n) is 3.10. The fraction of sp³-hybridized carbons (Fsp3) is 0.267. The van der Waals surface area contributed by atoms with E-state index in [9.17, 15) is 14.5 Å². The molecule has 0 amide bonds. The van der Waals surface area contributed by atoms with E-state index in [1.54, 1.807) is 18.2 Å². The highest BCUT2D eigenvalue weighted by molar-refractivity contribution is 7.32. The Balaban J connectivity index is 3.46. The highest BCUT2D eigenvalue weighted by Gasteiger charge is 2.40. The van der Waals surface area contributed by atoms with E-state index in [0.29, 0.717) is 5.56 Å². The van der Waals surface area contributed by atoms with E-state index >= 15 is 0 Å². The normalized spacial score (nSPS) is 11.8. The summed E-state index contributed by atoms with van der Waals surface area (Å²) < 4.78 is 16.4. The summed E-state index contributed by atoms with van der Waals surface area (Å²) in [5.41, 5.74) is -0.520. The Morgan fingerprint density at radius 3 is 2.38 bits per heavy atom. The van der Waals surface area contributed by atoms with E-state index in [2.05, 4.69) is 13.2 Å². The zero-order valence-corrected chi connectivity index (χ0v) is 12.7. The maximum Gasteiger partial charge on any atom is 0.695 e. The Labute approximate surface area is 124 Å². The molecule has 0 radical (unpaired) electrons. The number of hydrogen-bond acceptors (Lipinski definition) is 4. The van der Waals surface area contributed by atoms with Crippen LogP contribution in [-0.2, 0) is 14.7 Å². The van der Waals surface area contributed by atoms with Gasteiger partial charge in [0.25, 0.3) is 0 Å².